The lowest BCUT2D eigenvalue weighted by molar-refractivity contribution is 0.0938. The molecular weight excluding hydrogens is 412 g/mol. The van der Waals surface area contributed by atoms with Crippen LogP contribution in [0.1, 0.15) is 29.5 Å². The first-order valence-corrected chi connectivity index (χ1v) is 10.5. The van der Waals surface area contributed by atoms with E-state index in [1.807, 2.05) is 19.1 Å². The first-order chi connectivity index (χ1) is 14.2. The monoisotopic (exact) mass is 432 g/mol. The highest BCUT2D eigenvalue weighted by Crippen LogP contribution is 2.23. The number of rotatable bonds is 10. The van der Waals surface area contributed by atoms with E-state index in [0.717, 1.165) is 12.1 Å². The Morgan fingerprint density at radius 1 is 1.24 bits per heavy atom. The lowest BCUT2D eigenvalue weighted by atomic mass is 10.2. The van der Waals surface area contributed by atoms with E-state index in [1.54, 1.807) is 35.3 Å². The van der Waals surface area contributed by atoms with Crippen molar-refractivity contribution in [2.24, 2.45) is 0 Å². The number of thioether (sulfide) groups is 1. The molecule has 0 aliphatic carbocycles. The van der Waals surface area contributed by atoms with Crippen molar-refractivity contribution in [2.45, 2.75) is 24.3 Å². The molecule has 29 heavy (non-hydrogen) atoms. The van der Waals surface area contributed by atoms with Gasteiger partial charge in [0.1, 0.15) is 0 Å². The SMILES string of the molecule is CCOCCCNC(=O)c1nnn(-c2ccc(Cl)cc2)c1CSc1ncccn1. The molecule has 1 N–H and O–H groups in total. The molecule has 0 spiro atoms. The fourth-order valence-corrected chi connectivity index (χ4v) is 3.42. The second-order valence-electron chi connectivity index (χ2n) is 5.90. The minimum atomic E-state index is -0.272. The van der Waals surface area contributed by atoms with Gasteiger partial charge in [-0.05, 0) is 43.7 Å². The zero-order chi connectivity index (χ0) is 20.5. The minimum absolute atomic E-state index is 0.272. The molecule has 2 heterocycles. The fraction of sp³-hybridized carbons (Fsp3) is 0.316. The number of hydrogen-bond acceptors (Lipinski definition) is 7. The summed E-state index contributed by atoms with van der Waals surface area (Å²) in [5, 5.41) is 12.4. The van der Waals surface area contributed by atoms with Crippen LogP contribution in [0, 0.1) is 0 Å². The summed E-state index contributed by atoms with van der Waals surface area (Å²) in [5.74, 6) is 0.160. The van der Waals surface area contributed by atoms with Crippen LogP contribution in [-0.2, 0) is 10.5 Å². The van der Waals surface area contributed by atoms with Crippen LogP contribution in [0.4, 0.5) is 0 Å². The average Bonchev–Trinajstić information content (AvgIpc) is 3.17. The Labute approximate surface area is 178 Å². The van der Waals surface area contributed by atoms with Crippen molar-refractivity contribution < 1.29 is 9.53 Å². The van der Waals surface area contributed by atoms with E-state index in [4.69, 9.17) is 16.3 Å². The van der Waals surface area contributed by atoms with Crippen LogP contribution in [0.15, 0.2) is 47.9 Å². The maximum atomic E-state index is 12.7. The van der Waals surface area contributed by atoms with Crippen LogP contribution >= 0.6 is 23.4 Å². The molecule has 1 aromatic carbocycles. The summed E-state index contributed by atoms with van der Waals surface area (Å²) in [4.78, 5) is 21.1. The Morgan fingerprint density at radius 2 is 2.00 bits per heavy atom. The number of nitrogens with one attached hydrogen (secondary N) is 1. The number of amides is 1. The summed E-state index contributed by atoms with van der Waals surface area (Å²) in [5.41, 5.74) is 1.70. The summed E-state index contributed by atoms with van der Waals surface area (Å²) in [6, 6.07) is 8.94. The molecule has 0 atom stereocenters. The van der Waals surface area contributed by atoms with Crippen molar-refractivity contribution in [3.63, 3.8) is 0 Å². The Morgan fingerprint density at radius 3 is 2.72 bits per heavy atom. The van der Waals surface area contributed by atoms with Crippen LogP contribution in [0.25, 0.3) is 5.69 Å². The lowest BCUT2D eigenvalue weighted by Crippen LogP contribution is -2.26. The van der Waals surface area contributed by atoms with Gasteiger partial charge in [0.25, 0.3) is 5.91 Å². The van der Waals surface area contributed by atoms with Crippen molar-refractivity contribution in [1.29, 1.82) is 0 Å². The van der Waals surface area contributed by atoms with Crippen LogP contribution < -0.4 is 5.32 Å². The van der Waals surface area contributed by atoms with Gasteiger partial charge < -0.3 is 10.1 Å². The van der Waals surface area contributed by atoms with Crippen molar-refractivity contribution in [1.82, 2.24) is 30.3 Å². The predicted octanol–water partition coefficient (Wildman–Crippen LogP) is 3.16. The van der Waals surface area contributed by atoms with Crippen LogP contribution in [0.5, 0.6) is 0 Å². The van der Waals surface area contributed by atoms with Gasteiger partial charge in [-0.3, -0.25) is 4.79 Å². The van der Waals surface area contributed by atoms with E-state index in [9.17, 15) is 4.79 Å². The summed E-state index contributed by atoms with van der Waals surface area (Å²) < 4.78 is 6.93. The molecule has 10 heteroatoms. The third-order valence-electron chi connectivity index (χ3n) is 3.88. The van der Waals surface area contributed by atoms with E-state index in [2.05, 4.69) is 25.6 Å². The van der Waals surface area contributed by atoms with Crippen molar-refractivity contribution in [3.05, 3.63) is 59.1 Å². The second kappa shape index (κ2) is 10.9. The Hall–Kier alpha value is -2.49. The van der Waals surface area contributed by atoms with Gasteiger partial charge in [-0.2, -0.15) is 0 Å². The van der Waals surface area contributed by atoms with Gasteiger partial charge in [-0.25, -0.2) is 14.6 Å². The Kier molecular flexibility index (Phi) is 7.97. The molecular formula is C19H21ClN6O2S. The number of carbonyl (C=O) groups excluding carboxylic acids is 1. The van der Waals surface area contributed by atoms with Gasteiger partial charge >= 0.3 is 0 Å². The quantitative estimate of drug-likeness (QED) is 0.298. The van der Waals surface area contributed by atoms with Gasteiger partial charge in [0.2, 0.25) is 0 Å². The molecule has 0 saturated carbocycles. The Balaban J connectivity index is 1.79. The zero-order valence-electron chi connectivity index (χ0n) is 15.9. The van der Waals surface area contributed by atoms with E-state index in [1.165, 1.54) is 11.8 Å². The molecule has 3 rings (SSSR count). The smallest absolute Gasteiger partial charge is 0.273 e. The second-order valence-corrected chi connectivity index (χ2v) is 7.28. The van der Waals surface area contributed by atoms with Crippen molar-refractivity contribution >= 4 is 29.3 Å². The van der Waals surface area contributed by atoms with Crippen LogP contribution in [0.3, 0.4) is 0 Å². The normalized spacial score (nSPS) is 10.8. The maximum absolute atomic E-state index is 12.7. The van der Waals surface area contributed by atoms with E-state index in [0.29, 0.717) is 41.4 Å². The van der Waals surface area contributed by atoms with E-state index in [-0.39, 0.29) is 11.6 Å². The standard InChI is InChI=1S/C19H21ClN6O2S/c1-2-28-12-4-11-21-18(27)17-16(13-29-19-22-9-3-10-23-19)26(25-24-17)15-7-5-14(20)6-8-15/h3,5-10H,2,4,11-13H2,1H3,(H,21,27). The van der Waals surface area contributed by atoms with Crippen LogP contribution in [-0.4, -0.2) is 50.6 Å². The highest BCUT2D eigenvalue weighted by atomic mass is 35.5. The van der Waals surface area contributed by atoms with Gasteiger partial charge in [-0.1, -0.05) is 28.6 Å². The number of hydrogen-bond donors (Lipinski definition) is 1. The Bertz CT molecular complexity index is 920. The average molecular weight is 433 g/mol. The highest BCUT2D eigenvalue weighted by Gasteiger charge is 2.21. The molecule has 0 saturated heterocycles. The summed E-state index contributed by atoms with van der Waals surface area (Å²) in [6.45, 7) is 3.70. The largest absolute Gasteiger partial charge is 0.382 e. The van der Waals surface area contributed by atoms with Gasteiger partial charge in [0, 0.05) is 42.9 Å². The molecule has 0 fully saturated rings. The van der Waals surface area contributed by atoms with Gasteiger partial charge in [-0.15, -0.1) is 5.10 Å². The lowest BCUT2D eigenvalue weighted by Gasteiger charge is -2.08. The highest BCUT2D eigenvalue weighted by molar-refractivity contribution is 7.98. The maximum Gasteiger partial charge on any atom is 0.273 e. The molecule has 0 unspecified atom stereocenters. The first-order valence-electron chi connectivity index (χ1n) is 9.15. The summed E-state index contributed by atoms with van der Waals surface area (Å²) in [6.07, 6.45) is 4.08. The third-order valence-corrected chi connectivity index (χ3v) is 5.02. The fourth-order valence-electron chi connectivity index (χ4n) is 2.49. The third kappa shape index (κ3) is 5.99. The molecule has 152 valence electrons. The number of benzene rings is 1. The summed E-state index contributed by atoms with van der Waals surface area (Å²) >= 11 is 7.40. The van der Waals surface area contributed by atoms with Crippen molar-refractivity contribution in [3.8, 4) is 5.69 Å². The molecule has 8 nitrogen and oxygen atoms in total. The molecule has 3 aromatic rings. The number of nitrogens with zero attached hydrogens (tertiary/aromatic N) is 5. The molecule has 0 aliphatic heterocycles. The van der Waals surface area contributed by atoms with Gasteiger partial charge in [0.15, 0.2) is 10.9 Å². The van der Waals surface area contributed by atoms with Gasteiger partial charge in [0.05, 0.1) is 11.4 Å². The molecule has 0 bridgehead atoms. The topological polar surface area (TPSA) is 94.8 Å². The summed E-state index contributed by atoms with van der Waals surface area (Å²) in [7, 11) is 0. The molecule has 2 aromatic heterocycles. The number of halogens is 1. The minimum Gasteiger partial charge on any atom is -0.382 e. The molecule has 1 amide bonds. The molecule has 0 aliphatic rings. The first kappa shape index (κ1) is 21.2. The van der Waals surface area contributed by atoms with Crippen molar-refractivity contribution in [2.75, 3.05) is 19.8 Å². The van der Waals surface area contributed by atoms with E-state index >= 15 is 0 Å². The van der Waals surface area contributed by atoms with E-state index < -0.39 is 0 Å². The van der Waals surface area contributed by atoms with Crippen LogP contribution in [0.2, 0.25) is 5.02 Å². The zero-order valence-corrected chi connectivity index (χ0v) is 17.5. The predicted molar refractivity (Wildman–Crippen MR) is 111 cm³/mol. The number of carbonyl (C=O) groups is 1. The number of aromatic nitrogens is 5. The number of ether oxygens (including phenoxy) is 1. The molecule has 0 radical (unpaired) electrons.